The van der Waals surface area contributed by atoms with E-state index in [0.29, 0.717) is 0 Å². The minimum Gasteiger partial charge on any atom is -0.315 e. The molecule has 1 fully saturated rings. The van der Waals surface area contributed by atoms with Crippen molar-refractivity contribution in [3.05, 3.63) is 0 Å². The van der Waals surface area contributed by atoms with Crippen LogP contribution >= 0.6 is 0 Å². The Hall–Kier alpha value is -0.0800. The van der Waals surface area contributed by atoms with Gasteiger partial charge in [-0.1, -0.05) is 168 Å². The molecule has 0 radical (unpaired) electrons. The van der Waals surface area contributed by atoms with E-state index < -0.39 is 0 Å². The van der Waals surface area contributed by atoms with Crippen molar-refractivity contribution in [2.75, 3.05) is 52.4 Å². The predicted molar refractivity (Wildman–Crippen MR) is 191 cm³/mol. The minimum atomic E-state index is 1.36. The zero-order chi connectivity index (χ0) is 30.5. The van der Waals surface area contributed by atoms with Crippen molar-refractivity contribution >= 4 is 0 Å². The Morgan fingerprint density at radius 2 is 0.452 bits per heavy atom. The molecule has 1 aliphatic rings. The lowest BCUT2D eigenvalue weighted by Gasteiger charge is -2.49. The summed E-state index contributed by atoms with van der Waals surface area (Å²) >= 11 is 0. The van der Waals surface area contributed by atoms with E-state index >= 15 is 0 Å². The van der Waals surface area contributed by atoms with Crippen molar-refractivity contribution in [1.82, 2.24) is 0 Å². The minimum absolute atomic E-state index is 1.36. The van der Waals surface area contributed by atoms with Crippen molar-refractivity contribution in [3.8, 4) is 0 Å². The number of nitrogens with zero attached hydrogens (tertiary/aromatic N) is 2. The second-order valence-corrected chi connectivity index (χ2v) is 14.8. The van der Waals surface area contributed by atoms with Crippen molar-refractivity contribution in [3.63, 3.8) is 0 Å². The average Bonchev–Trinajstić information content (AvgIpc) is 3.02. The number of piperazine rings is 1. The van der Waals surface area contributed by atoms with Gasteiger partial charge in [-0.3, -0.25) is 0 Å². The maximum atomic E-state index is 2.48. The van der Waals surface area contributed by atoms with E-state index in [1.807, 2.05) is 0 Å². The van der Waals surface area contributed by atoms with Gasteiger partial charge in [0.25, 0.3) is 0 Å². The highest BCUT2D eigenvalue weighted by Gasteiger charge is 2.39. The van der Waals surface area contributed by atoms with Gasteiger partial charge in [0.2, 0.25) is 0 Å². The van der Waals surface area contributed by atoms with Crippen LogP contribution in [0.3, 0.4) is 0 Å². The van der Waals surface area contributed by atoms with Crippen molar-refractivity contribution < 1.29 is 8.97 Å². The highest BCUT2D eigenvalue weighted by molar-refractivity contribution is 4.57. The highest BCUT2D eigenvalue weighted by Crippen LogP contribution is 2.23. The highest BCUT2D eigenvalue weighted by atomic mass is 15.5. The molecule has 1 saturated heterocycles. The third-order valence-electron chi connectivity index (χ3n) is 11.4. The molecule has 0 unspecified atom stereocenters. The van der Waals surface area contributed by atoms with Crippen LogP contribution in [0.25, 0.3) is 0 Å². The maximum absolute atomic E-state index is 2.48. The third kappa shape index (κ3) is 20.8. The molecule has 2 nitrogen and oxygen atoms in total. The summed E-state index contributed by atoms with van der Waals surface area (Å²) in [5, 5.41) is 0. The molecule has 0 spiro atoms. The summed E-state index contributed by atoms with van der Waals surface area (Å²) in [4.78, 5) is 0. The average molecular weight is 593 g/mol. The van der Waals surface area contributed by atoms with Gasteiger partial charge < -0.3 is 8.97 Å². The molecule has 1 aliphatic heterocycles. The van der Waals surface area contributed by atoms with Crippen LogP contribution in [0.15, 0.2) is 0 Å². The van der Waals surface area contributed by atoms with Gasteiger partial charge >= 0.3 is 0 Å². The summed E-state index contributed by atoms with van der Waals surface area (Å²) in [6, 6.07) is 0. The molecule has 0 bridgehead atoms. The van der Waals surface area contributed by atoms with E-state index in [2.05, 4.69) is 27.7 Å². The van der Waals surface area contributed by atoms with Crippen molar-refractivity contribution in [1.29, 1.82) is 0 Å². The van der Waals surface area contributed by atoms with E-state index in [9.17, 15) is 0 Å². The number of hydrogen-bond acceptors (Lipinski definition) is 0. The fourth-order valence-corrected chi connectivity index (χ4v) is 7.75. The third-order valence-corrected chi connectivity index (χ3v) is 11.4. The smallest absolute Gasteiger partial charge is 0.129 e. The molecule has 42 heavy (non-hydrogen) atoms. The number of unbranched alkanes of at least 4 members (excludes halogenated alkanes) is 26. The number of rotatable bonds is 32. The van der Waals surface area contributed by atoms with Gasteiger partial charge in [0.05, 0.1) is 26.2 Å². The summed E-state index contributed by atoms with van der Waals surface area (Å²) in [5.74, 6) is 0. The van der Waals surface area contributed by atoms with Crippen LogP contribution in [0, 0.1) is 0 Å². The molecule has 1 rings (SSSR count). The number of quaternary nitrogens is 2. The van der Waals surface area contributed by atoms with Gasteiger partial charge in [0.15, 0.2) is 0 Å². The standard InChI is InChI=1S/C40H84N2/c1-5-9-11-13-15-17-19-21-23-25-27-29-31-33-35-41(7-3)37-39-42(8-4,40-38-41)36-34-32-30-28-26-24-22-20-18-16-14-12-10-6-2/h5-40H2,1-4H3/q+2. The maximum Gasteiger partial charge on any atom is 0.129 e. The molecule has 0 atom stereocenters. The zero-order valence-electron chi connectivity index (χ0n) is 30.4. The second kappa shape index (κ2) is 28.4. The molecule has 0 aromatic rings. The van der Waals surface area contributed by atoms with Crippen LogP contribution in [0.2, 0.25) is 0 Å². The molecule has 0 amide bonds. The first-order valence-corrected chi connectivity index (χ1v) is 20.4. The van der Waals surface area contributed by atoms with Crippen LogP contribution in [0.5, 0.6) is 0 Å². The molecular weight excluding hydrogens is 508 g/mol. The van der Waals surface area contributed by atoms with Gasteiger partial charge in [-0.15, -0.1) is 0 Å². The quantitative estimate of drug-likeness (QED) is 0.0538. The molecular formula is C40H84N2+2. The lowest BCUT2D eigenvalue weighted by molar-refractivity contribution is -1.03. The summed E-state index contributed by atoms with van der Waals surface area (Å²) in [6.45, 7) is 21.0. The zero-order valence-corrected chi connectivity index (χ0v) is 30.4. The molecule has 0 aliphatic carbocycles. The Labute approximate surface area is 268 Å². The van der Waals surface area contributed by atoms with Crippen molar-refractivity contribution in [2.45, 2.75) is 207 Å². The first-order chi connectivity index (χ1) is 20.7. The van der Waals surface area contributed by atoms with Crippen LogP contribution in [-0.4, -0.2) is 61.3 Å². The van der Waals surface area contributed by atoms with Crippen LogP contribution in [0.4, 0.5) is 0 Å². The largest absolute Gasteiger partial charge is 0.315 e. The van der Waals surface area contributed by atoms with E-state index in [1.165, 1.54) is 241 Å². The summed E-state index contributed by atoms with van der Waals surface area (Å²) < 4.78 is 2.86. The monoisotopic (exact) mass is 593 g/mol. The molecule has 0 aromatic carbocycles. The van der Waals surface area contributed by atoms with Gasteiger partial charge in [0.1, 0.15) is 26.2 Å². The Morgan fingerprint density at radius 1 is 0.262 bits per heavy atom. The Balaban J connectivity index is 2.01. The lowest BCUT2D eigenvalue weighted by Crippen LogP contribution is -2.67. The second-order valence-electron chi connectivity index (χ2n) is 14.8. The van der Waals surface area contributed by atoms with Crippen molar-refractivity contribution in [2.24, 2.45) is 0 Å². The molecule has 1 heterocycles. The Morgan fingerprint density at radius 3 is 0.643 bits per heavy atom. The normalized spacial score (nSPS) is 20.9. The summed E-state index contributed by atoms with van der Waals surface area (Å²) in [5.41, 5.74) is 0. The van der Waals surface area contributed by atoms with Gasteiger partial charge in [-0.05, 0) is 39.5 Å². The Bertz CT molecular complexity index is 488. The lowest BCUT2D eigenvalue weighted by atomic mass is 10.0. The Kier molecular flexibility index (Phi) is 27.0. The SMILES string of the molecule is CCCCCCCCCCCCCCCC[N+]1(CC)CC[N+](CC)(CCCCCCCCCCCCCCCC)CC1. The van der Waals surface area contributed by atoms with Crippen LogP contribution in [0.1, 0.15) is 207 Å². The number of hydrogen-bond donors (Lipinski definition) is 0. The van der Waals surface area contributed by atoms with Gasteiger partial charge in [-0.2, -0.15) is 0 Å². The number of likely N-dealkylation sites (N-methyl/N-ethyl adjacent to an activating group) is 2. The van der Waals surface area contributed by atoms with E-state index in [0.717, 1.165) is 0 Å². The van der Waals surface area contributed by atoms with E-state index in [4.69, 9.17) is 0 Å². The fraction of sp³-hybridized carbons (Fsp3) is 1.00. The van der Waals surface area contributed by atoms with Gasteiger partial charge in [-0.25, -0.2) is 0 Å². The predicted octanol–water partition coefficient (Wildman–Crippen LogP) is 12.6. The summed E-state index contributed by atoms with van der Waals surface area (Å²) in [7, 11) is 0. The van der Waals surface area contributed by atoms with Crippen LogP contribution < -0.4 is 0 Å². The first-order valence-electron chi connectivity index (χ1n) is 20.4. The summed E-state index contributed by atoms with van der Waals surface area (Å²) in [6.07, 6.45) is 41.1. The molecule has 0 saturated carbocycles. The fourth-order valence-electron chi connectivity index (χ4n) is 7.75. The van der Waals surface area contributed by atoms with E-state index in [-0.39, 0.29) is 0 Å². The molecule has 0 N–H and O–H groups in total. The van der Waals surface area contributed by atoms with Crippen LogP contribution in [-0.2, 0) is 0 Å². The molecule has 252 valence electrons. The van der Waals surface area contributed by atoms with Gasteiger partial charge in [0, 0.05) is 0 Å². The first kappa shape index (κ1) is 39.9. The molecule has 0 aromatic heterocycles. The topological polar surface area (TPSA) is 0 Å². The molecule has 2 heteroatoms. The van der Waals surface area contributed by atoms with E-state index in [1.54, 1.807) is 0 Å².